The first-order valence-corrected chi connectivity index (χ1v) is 5.73. The fraction of sp³-hybridized carbons (Fsp3) is 0.364. The van der Waals surface area contributed by atoms with Crippen LogP contribution in [0.4, 0.5) is 4.79 Å². The van der Waals surface area contributed by atoms with Gasteiger partial charge in [0.1, 0.15) is 6.09 Å². The maximum atomic E-state index is 10.9. The number of carbonyl (C=O) groups is 1. The van der Waals surface area contributed by atoms with Crippen LogP contribution in [0.25, 0.3) is 0 Å². The minimum atomic E-state index is -1.35. The summed E-state index contributed by atoms with van der Waals surface area (Å²) in [4.78, 5) is 11.8. The average Bonchev–Trinajstić information content (AvgIpc) is 2.19. The van der Waals surface area contributed by atoms with Gasteiger partial charge in [0.05, 0.1) is 6.10 Å². The molecule has 6 heteroatoms. The standard InChI is InChI=1S/C11H13Cl2NO3/c1-7(15)5-14(11(16)17)6-8-2-3-9(12)4-10(8)13/h2-4,7,15H,5-6H2,1H3,(H,16,17)/p-1. The smallest absolute Gasteiger partial charge is 0.137 e. The molecule has 1 aromatic rings. The molecular formula is C11H12Cl2NO3-. The number of carboxylic acid groups (broad SMARTS) is 1. The monoisotopic (exact) mass is 276 g/mol. The molecule has 0 fully saturated rings. The second-order valence-corrected chi connectivity index (χ2v) is 4.57. The van der Waals surface area contributed by atoms with Crippen molar-refractivity contribution in [2.75, 3.05) is 6.54 Å². The molecule has 1 amide bonds. The van der Waals surface area contributed by atoms with Gasteiger partial charge in [0.25, 0.3) is 0 Å². The molecule has 0 saturated carbocycles. The lowest BCUT2D eigenvalue weighted by atomic mass is 10.2. The summed E-state index contributed by atoms with van der Waals surface area (Å²) < 4.78 is 0. The van der Waals surface area contributed by atoms with Gasteiger partial charge in [0.15, 0.2) is 0 Å². The van der Waals surface area contributed by atoms with Gasteiger partial charge >= 0.3 is 0 Å². The van der Waals surface area contributed by atoms with Crippen LogP contribution in [0.2, 0.25) is 10.0 Å². The first-order chi connectivity index (χ1) is 7.90. The molecule has 0 saturated heterocycles. The lowest BCUT2D eigenvalue weighted by molar-refractivity contribution is -0.267. The highest BCUT2D eigenvalue weighted by Gasteiger charge is 2.11. The van der Waals surface area contributed by atoms with Crippen LogP contribution in [0.1, 0.15) is 12.5 Å². The Morgan fingerprint density at radius 2 is 2.18 bits per heavy atom. The number of rotatable bonds is 4. The molecule has 0 aliphatic rings. The van der Waals surface area contributed by atoms with Crippen molar-refractivity contribution in [1.29, 1.82) is 0 Å². The van der Waals surface area contributed by atoms with Gasteiger partial charge in [-0.15, -0.1) is 0 Å². The van der Waals surface area contributed by atoms with E-state index in [-0.39, 0.29) is 13.1 Å². The summed E-state index contributed by atoms with van der Waals surface area (Å²) in [6, 6.07) is 4.80. The summed E-state index contributed by atoms with van der Waals surface area (Å²) in [5.41, 5.74) is 0.612. The molecule has 0 aromatic heterocycles. The number of hydrogen-bond donors (Lipinski definition) is 1. The quantitative estimate of drug-likeness (QED) is 0.907. The lowest BCUT2D eigenvalue weighted by Gasteiger charge is -2.26. The number of halogens is 2. The average molecular weight is 277 g/mol. The van der Waals surface area contributed by atoms with Crippen molar-refractivity contribution in [3.8, 4) is 0 Å². The molecule has 1 unspecified atom stereocenters. The summed E-state index contributed by atoms with van der Waals surface area (Å²) in [6.45, 7) is 1.53. The maximum Gasteiger partial charge on any atom is 0.137 e. The Bertz CT molecular complexity index is 410. The molecule has 1 rings (SSSR count). The van der Waals surface area contributed by atoms with Crippen LogP contribution in [-0.2, 0) is 6.54 Å². The molecule has 0 aliphatic heterocycles. The Labute approximate surface area is 109 Å². The Balaban J connectivity index is 2.82. The predicted molar refractivity (Wildman–Crippen MR) is 63.9 cm³/mol. The van der Waals surface area contributed by atoms with Gasteiger partial charge in [0.2, 0.25) is 0 Å². The molecule has 1 N–H and O–H groups in total. The highest BCUT2D eigenvalue weighted by Crippen LogP contribution is 2.22. The third-order valence-electron chi connectivity index (χ3n) is 2.12. The van der Waals surface area contributed by atoms with Gasteiger partial charge in [0, 0.05) is 23.1 Å². The van der Waals surface area contributed by atoms with E-state index in [0.717, 1.165) is 4.90 Å². The van der Waals surface area contributed by atoms with Crippen molar-refractivity contribution in [3.05, 3.63) is 33.8 Å². The first kappa shape index (κ1) is 14.1. The Morgan fingerprint density at radius 3 is 2.65 bits per heavy atom. The van der Waals surface area contributed by atoms with Crippen molar-refractivity contribution >= 4 is 29.3 Å². The highest BCUT2D eigenvalue weighted by molar-refractivity contribution is 6.35. The summed E-state index contributed by atoms with van der Waals surface area (Å²) in [6.07, 6.45) is -2.11. The Morgan fingerprint density at radius 1 is 1.53 bits per heavy atom. The molecule has 0 radical (unpaired) electrons. The van der Waals surface area contributed by atoms with E-state index in [4.69, 9.17) is 23.2 Å². The van der Waals surface area contributed by atoms with Gasteiger partial charge in [-0.2, -0.15) is 0 Å². The third kappa shape index (κ3) is 4.42. The van der Waals surface area contributed by atoms with Crippen LogP contribution in [0.15, 0.2) is 18.2 Å². The largest absolute Gasteiger partial charge is 0.530 e. The van der Waals surface area contributed by atoms with Crippen LogP contribution in [0.3, 0.4) is 0 Å². The van der Waals surface area contributed by atoms with E-state index in [9.17, 15) is 15.0 Å². The van der Waals surface area contributed by atoms with Crippen molar-refractivity contribution in [2.24, 2.45) is 0 Å². The van der Waals surface area contributed by atoms with Crippen molar-refractivity contribution in [1.82, 2.24) is 4.90 Å². The first-order valence-electron chi connectivity index (χ1n) is 4.98. The minimum Gasteiger partial charge on any atom is -0.530 e. The van der Waals surface area contributed by atoms with Crippen LogP contribution in [-0.4, -0.2) is 28.7 Å². The van der Waals surface area contributed by atoms with Gasteiger partial charge in [-0.05, 0) is 24.6 Å². The van der Waals surface area contributed by atoms with Crippen molar-refractivity contribution in [2.45, 2.75) is 19.6 Å². The number of benzene rings is 1. The highest BCUT2D eigenvalue weighted by atomic mass is 35.5. The normalized spacial score (nSPS) is 12.2. The minimum absolute atomic E-state index is 0.0265. The zero-order chi connectivity index (χ0) is 13.0. The number of amides is 1. The molecule has 0 spiro atoms. The molecule has 94 valence electrons. The summed E-state index contributed by atoms with van der Waals surface area (Å²) in [5.74, 6) is 0. The molecule has 0 aliphatic carbocycles. The second kappa shape index (κ2) is 6.10. The molecule has 17 heavy (non-hydrogen) atoms. The second-order valence-electron chi connectivity index (χ2n) is 3.73. The van der Waals surface area contributed by atoms with E-state index in [1.165, 1.54) is 13.0 Å². The van der Waals surface area contributed by atoms with Gasteiger partial charge in [-0.3, -0.25) is 0 Å². The number of carbonyl (C=O) groups excluding carboxylic acids is 1. The van der Waals surface area contributed by atoms with Gasteiger partial charge < -0.3 is 19.9 Å². The molecule has 0 heterocycles. The zero-order valence-corrected chi connectivity index (χ0v) is 10.7. The molecular weight excluding hydrogens is 265 g/mol. The van der Waals surface area contributed by atoms with Crippen molar-refractivity contribution in [3.63, 3.8) is 0 Å². The summed E-state index contributed by atoms with van der Waals surface area (Å²) in [7, 11) is 0. The molecule has 0 bridgehead atoms. The topological polar surface area (TPSA) is 63.6 Å². The van der Waals surface area contributed by atoms with E-state index in [0.29, 0.717) is 15.6 Å². The number of aliphatic hydroxyl groups excluding tert-OH is 1. The number of aliphatic hydroxyl groups is 1. The van der Waals surface area contributed by atoms with E-state index < -0.39 is 12.2 Å². The van der Waals surface area contributed by atoms with E-state index in [1.54, 1.807) is 12.1 Å². The van der Waals surface area contributed by atoms with Gasteiger partial charge in [-0.1, -0.05) is 29.3 Å². The number of hydrogen-bond acceptors (Lipinski definition) is 3. The van der Waals surface area contributed by atoms with E-state index >= 15 is 0 Å². The van der Waals surface area contributed by atoms with Crippen LogP contribution in [0, 0.1) is 0 Å². The summed E-state index contributed by atoms with van der Waals surface area (Å²) in [5, 5.41) is 20.9. The fourth-order valence-electron chi connectivity index (χ4n) is 1.38. The SMILES string of the molecule is CC(O)CN(Cc1ccc(Cl)cc1Cl)C(=O)[O-]. The van der Waals surface area contributed by atoms with E-state index in [2.05, 4.69) is 0 Å². The van der Waals surface area contributed by atoms with Crippen LogP contribution >= 0.6 is 23.2 Å². The Kier molecular flexibility index (Phi) is 5.05. The number of nitrogens with zero attached hydrogens (tertiary/aromatic N) is 1. The lowest BCUT2D eigenvalue weighted by Crippen LogP contribution is -2.44. The van der Waals surface area contributed by atoms with E-state index in [1.807, 2.05) is 0 Å². The molecule has 4 nitrogen and oxygen atoms in total. The Hall–Kier alpha value is -0.970. The van der Waals surface area contributed by atoms with Gasteiger partial charge in [-0.25, -0.2) is 0 Å². The maximum absolute atomic E-state index is 10.9. The summed E-state index contributed by atoms with van der Waals surface area (Å²) >= 11 is 11.7. The fourth-order valence-corrected chi connectivity index (χ4v) is 1.85. The van der Waals surface area contributed by atoms with Crippen LogP contribution in [0.5, 0.6) is 0 Å². The van der Waals surface area contributed by atoms with Crippen LogP contribution < -0.4 is 5.11 Å². The molecule has 1 aromatic carbocycles. The zero-order valence-electron chi connectivity index (χ0n) is 9.19. The molecule has 1 atom stereocenters. The van der Waals surface area contributed by atoms with Crippen molar-refractivity contribution < 1.29 is 15.0 Å². The predicted octanol–water partition coefficient (Wildman–Crippen LogP) is 1.52. The third-order valence-corrected chi connectivity index (χ3v) is 2.71.